The summed E-state index contributed by atoms with van der Waals surface area (Å²) in [5.74, 6) is 1.30. The van der Waals surface area contributed by atoms with Crippen molar-refractivity contribution in [2.75, 3.05) is 34.0 Å². The highest BCUT2D eigenvalue weighted by Gasteiger charge is 2.11. The van der Waals surface area contributed by atoms with Gasteiger partial charge in [-0.3, -0.25) is 0 Å². The SMILES string of the molecule is CCCOc1c(Cl)cc(CNCCCOC)cc1OC. The molecule has 1 rings (SSSR count). The molecule has 0 saturated heterocycles. The second-order valence-corrected chi connectivity index (χ2v) is 4.89. The highest BCUT2D eigenvalue weighted by molar-refractivity contribution is 6.32. The Balaban J connectivity index is 2.62. The minimum Gasteiger partial charge on any atom is -0.493 e. The molecular weight excluding hydrogens is 278 g/mol. The summed E-state index contributed by atoms with van der Waals surface area (Å²) in [7, 11) is 3.33. The molecule has 0 fully saturated rings. The lowest BCUT2D eigenvalue weighted by atomic mass is 10.2. The van der Waals surface area contributed by atoms with Gasteiger partial charge < -0.3 is 19.5 Å². The van der Waals surface area contributed by atoms with Gasteiger partial charge in [0.2, 0.25) is 0 Å². The van der Waals surface area contributed by atoms with Gasteiger partial charge in [0, 0.05) is 20.3 Å². The number of ether oxygens (including phenoxy) is 3. The van der Waals surface area contributed by atoms with E-state index in [9.17, 15) is 0 Å². The molecule has 0 atom stereocenters. The summed E-state index contributed by atoms with van der Waals surface area (Å²) in [6.45, 7) is 5.10. The summed E-state index contributed by atoms with van der Waals surface area (Å²) >= 11 is 6.26. The predicted molar refractivity (Wildman–Crippen MR) is 82.0 cm³/mol. The molecule has 0 spiro atoms. The number of methoxy groups -OCH3 is 2. The van der Waals surface area contributed by atoms with E-state index >= 15 is 0 Å². The molecule has 0 unspecified atom stereocenters. The van der Waals surface area contributed by atoms with Crippen molar-refractivity contribution >= 4 is 11.6 Å². The average Bonchev–Trinajstić information content (AvgIpc) is 2.45. The molecule has 0 aromatic heterocycles. The lowest BCUT2D eigenvalue weighted by Gasteiger charge is -2.14. The Hall–Kier alpha value is -0.970. The highest BCUT2D eigenvalue weighted by Crippen LogP contribution is 2.36. The maximum Gasteiger partial charge on any atom is 0.179 e. The van der Waals surface area contributed by atoms with Crippen LogP contribution in [0.15, 0.2) is 12.1 Å². The Morgan fingerprint density at radius 1 is 1.20 bits per heavy atom. The molecule has 1 aromatic carbocycles. The van der Waals surface area contributed by atoms with Gasteiger partial charge in [0.1, 0.15) is 0 Å². The van der Waals surface area contributed by atoms with E-state index in [1.165, 1.54) is 0 Å². The molecular formula is C15H24ClNO3. The molecule has 4 nitrogen and oxygen atoms in total. The minimum atomic E-state index is 0.589. The number of nitrogens with one attached hydrogen (secondary N) is 1. The largest absolute Gasteiger partial charge is 0.493 e. The van der Waals surface area contributed by atoms with Gasteiger partial charge in [-0.2, -0.15) is 0 Å². The van der Waals surface area contributed by atoms with Crippen LogP contribution in [0.5, 0.6) is 11.5 Å². The first kappa shape index (κ1) is 17.1. The van der Waals surface area contributed by atoms with E-state index in [1.807, 2.05) is 12.1 Å². The van der Waals surface area contributed by atoms with E-state index in [4.69, 9.17) is 25.8 Å². The summed E-state index contributed by atoms with van der Waals surface area (Å²) in [6.07, 6.45) is 1.92. The van der Waals surface area contributed by atoms with E-state index < -0.39 is 0 Å². The fraction of sp³-hybridized carbons (Fsp3) is 0.600. The van der Waals surface area contributed by atoms with Gasteiger partial charge in [0.25, 0.3) is 0 Å². The Kier molecular flexibility index (Phi) is 8.42. The van der Waals surface area contributed by atoms with Gasteiger partial charge in [-0.05, 0) is 37.1 Å². The molecule has 0 bridgehead atoms. The monoisotopic (exact) mass is 301 g/mol. The number of hydrogen-bond acceptors (Lipinski definition) is 4. The molecule has 0 aliphatic heterocycles. The molecule has 5 heteroatoms. The third kappa shape index (κ3) is 5.57. The van der Waals surface area contributed by atoms with Crippen molar-refractivity contribution in [3.05, 3.63) is 22.7 Å². The van der Waals surface area contributed by atoms with Crippen LogP contribution < -0.4 is 14.8 Å². The molecule has 0 saturated carbocycles. The number of halogens is 1. The van der Waals surface area contributed by atoms with E-state index in [2.05, 4.69) is 12.2 Å². The van der Waals surface area contributed by atoms with Crippen molar-refractivity contribution in [1.82, 2.24) is 5.32 Å². The first-order valence-electron chi connectivity index (χ1n) is 6.91. The van der Waals surface area contributed by atoms with Gasteiger partial charge in [0.15, 0.2) is 11.5 Å². The van der Waals surface area contributed by atoms with Gasteiger partial charge in [-0.15, -0.1) is 0 Å². The second kappa shape index (κ2) is 9.86. The first-order chi connectivity index (χ1) is 9.72. The first-order valence-corrected chi connectivity index (χ1v) is 7.29. The van der Waals surface area contributed by atoms with Crippen molar-refractivity contribution < 1.29 is 14.2 Å². The van der Waals surface area contributed by atoms with Crippen LogP contribution in [0.25, 0.3) is 0 Å². The molecule has 20 heavy (non-hydrogen) atoms. The summed E-state index contributed by atoms with van der Waals surface area (Å²) in [4.78, 5) is 0. The number of benzene rings is 1. The Labute approximate surface area is 126 Å². The highest BCUT2D eigenvalue weighted by atomic mass is 35.5. The molecule has 0 radical (unpaired) electrons. The summed E-state index contributed by atoms with van der Waals surface area (Å²) in [6, 6.07) is 3.87. The smallest absolute Gasteiger partial charge is 0.179 e. The van der Waals surface area contributed by atoms with Crippen LogP contribution in [0.1, 0.15) is 25.3 Å². The Morgan fingerprint density at radius 2 is 2.00 bits per heavy atom. The quantitative estimate of drug-likeness (QED) is 0.673. The van der Waals surface area contributed by atoms with Crippen molar-refractivity contribution in [1.29, 1.82) is 0 Å². The number of rotatable bonds is 10. The van der Waals surface area contributed by atoms with Crippen LogP contribution in [0.2, 0.25) is 5.02 Å². The maximum atomic E-state index is 6.26. The minimum absolute atomic E-state index is 0.589. The fourth-order valence-electron chi connectivity index (χ4n) is 1.79. The maximum absolute atomic E-state index is 6.26. The van der Waals surface area contributed by atoms with Gasteiger partial charge in [-0.25, -0.2) is 0 Å². The normalized spacial score (nSPS) is 10.6. The summed E-state index contributed by atoms with van der Waals surface area (Å²) < 4.78 is 16.0. The Morgan fingerprint density at radius 3 is 2.65 bits per heavy atom. The van der Waals surface area contributed by atoms with Crippen molar-refractivity contribution in [2.24, 2.45) is 0 Å². The number of hydrogen-bond donors (Lipinski definition) is 1. The third-order valence-electron chi connectivity index (χ3n) is 2.77. The van der Waals surface area contributed by atoms with Gasteiger partial charge in [-0.1, -0.05) is 18.5 Å². The lowest BCUT2D eigenvalue weighted by molar-refractivity contribution is 0.194. The molecule has 1 N–H and O–H groups in total. The molecule has 1 aromatic rings. The second-order valence-electron chi connectivity index (χ2n) is 4.48. The Bertz CT molecular complexity index is 399. The van der Waals surface area contributed by atoms with Gasteiger partial charge >= 0.3 is 0 Å². The van der Waals surface area contributed by atoms with E-state index in [0.717, 1.165) is 38.1 Å². The van der Waals surface area contributed by atoms with E-state index in [1.54, 1.807) is 14.2 Å². The van der Waals surface area contributed by atoms with Gasteiger partial charge in [0.05, 0.1) is 18.7 Å². The van der Waals surface area contributed by atoms with Crippen molar-refractivity contribution in [3.63, 3.8) is 0 Å². The predicted octanol–water partition coefficient (Wildman–Crippen LogP) is 3.26. The topological polar surface area (TPSA) is 39.7 Å². The fourth-order valence-corrected chi connectivity index (χ4v) is 2.08. The molecule has 114 valence electrons. The average molecular weight is 302 g/mol. The molecule has 0 amide bonds. The third-order valence-corrected chi connectivity index (χ3v) is 3.05. The van der Waals surface area contributed by atoms with Crippen molar-refractivity contribution in [2.45, 2.75) is 26.3 Å². The zero-order valence-corrected chi connectivity index (χ0v) is 13.3. The summed E-state index contributed by atoms with van der Waals surface area (Å²) in [5, 5.41) is 3.93. The van der Waals surface area contributed by atoms with Crippen LogP contribution in [0.3, 0.4) is 0 Å². The van der Waals surface area contributed by atoms with Crippen LogP contribution in [0, 0.1) is 0 Å². The van der Waals surface area contributed by atoms with Crippen LogP contribution in [0.4, 0.5) is 0 Å². The lowest BCUT2D eigenvalue weighted by Crippen LogP contribution is -2.16. The zero-order valence-electron chi connectivity index (χ0n) is 12.5. The van der Waals surface area contributed by atoms with Crippen LogP contribution >= 0.6 is 11.6 Å². The standard InChI is InChI=1S/C15H24ClNO3/c1-4-7-20-15-13(16)9-12(10-14(15)19-3)11-17-6-5-8-18-2/h9-10,17H,4-8,11H2,1-3H3. The molecule has 0 aliphatic rings. The van der Waals surface area contributed by atoms with Crippen LogP contribution in [-0.4, -0.2) is 34.0 Å². The van der Waals surface area contributed by atoms with Crippen molar-refractivity contribution in [3.8, 4) is 11.5 Å². The molecule has 0 aliphatic carbocycles. The van der Waals surface area contributed by atoms with E-state index in [0.29, 0.717) is 23.1 Å². The molecule has 0 heterocycles. The van der Waals surface area contributed by atoms with Crippen LogP contribution in [-0.2, 0) is 11.3 Å². The zero-order chi connectivity index (χ0) is 14.8. The van der Waals surface area contributed by atoms with E-state index in [-0.39, 0.29) is 0 Å². The summed E-state index contributed by atoms with van der Waals surface area (Å²) in [5.41, 5.74) is 1.08.